The molecule has 0 saturated carbocycles. The summed E-state index contributed by atoms with van der Waals surface area (Å²) in [6.07, 6.45) is 2.42. The minimum Gasteiger partial charge on any atom is -0.0675 e. The lowest BCUT2D eigenvalue weighted by atomic mass is 9.92. The monoisotopic (exact) mass is 312 g/mol. The molecule has 1 heteroatoms. The first-order valence-corrected chi connectivity index (χ1v) is 11.5. The van der Waals surface area contributed by atoms with E-state index in [1.54, 1.807) is 21.9 Å². The van der Waals surface area contributed by atoms with E-state index >= 15 is 0 Å². The van der Waals surface area contributed by atoms with Gasteiger partial charge in [0, 0.05) is 5.54 Å². The largest absolute Gasteiger partial charge is 0.0931 e. The average molecular weight is 312 g/mol. The van der Waals surface area contributed by atoms with Crippen LogP contribution in [0, 0.1) is 0 Å². The molecule has 23 heavy (non-hydrogen) atoms. The van der Waals surface area contributed by atoms with E-state index in [9.17, 15) is 0 Å². The first kappa shape index (κ1) is 13.3. The molecule has 3 aromatic rings. The van der Waals surface area contributed by atoms with Crippen LogP contribution in [0.5, 0.6) is 0 Å². The van der Waals surface area contributed by atoms with Gasteiger partial charge in [0.05, 0.1) is 8.07 Å². The fraction of sp³-hybridized carbons (Fsp3) is 0.182. The molecular weight excluding hydrogens is 292 g/mol. The lowest BCUT2D eigenvalue weighted by Gasteiger charge is -2.25. The molecule has 3 aromatic carbocycles. The Morgan fingerprint density at radius 2 is 1.65 bits per heavy atom. The highest BCUT2D eigenvalue weighted by atomic mass is 28.3. The van der Waals surface area contributed by atoms with Gasteiger partial charge < -0.3 is 0 Å². The van der Waals surface area contributed by atoms with Gasteiger partial charge in [-0.15, -0.1) is 0 Å². The van der Waals surface area contributed by atoms with Crippen LogP contribution >= 0.6 is 0 Å². The predicted molar refractivity (Wildman–Crippen MR) is 103 cm³/mol. The Bertz CT molecular complexity index is 1000. The van der Waals surface area contributed by atoms with Crippen molar-refractivity contribution >= 4 is 30.1 Å². The number of fused-ring (bicyclic) bond motifs is 2. The maximum atomic E-state index is 2.54. The zero-order valence-corrected chi connectivity index (χ0v) is 14.9. The van der Waals surface area contributed by atoms with Gasteiger partial charge in [-0.25, -0.2) is 0 Å². The second kappa shape index (κ2) is 4.24. The number of hydrogen-bond donors (Lipinski definition) is 0. The molecule has 1 heterocycles. The quantitative estimate of drug-likeness (QED) is 0.522. The van der Waals surface area contributed by atoms with E-state index in [1.165, 1.54) is 21.9 Å². The SMILES string of the molecule is CC1=Cc2ccc3c(-c4cccc5ccccc45)c2C1[Si]3(C)C. The van der Waals surface area contributed by atoms with Crippen molar-refractivity contribution in [1.29, 1.82) is 0 Å². The van der Waals surface area contributed by atoms with Gasteiger partial charge in [0.25, 0.3) is 0 Å². The zero-order valence-electron chi connectivity index (χ0n) is 13.9. The summed E-state index contributed by atoms with van der Waals surface area (Å²) in [5, 5.41) is 4.37. The Hall–Kier alpha value is -2.12. The van der Waals surface area contributed by atoms with Crippen molar-refractivity contribution in [2.24, 2.45) is 0 Å². The Morgan fingerprint density at radius 1 is 0.870 bits per heavy atom. The van der Waals surface area contributed by atoms with Crippen LogP contribution in [-0.2, 0) is 0 Å². The van der Waals surface area contributed by atoms with E-state index in [2.05, 4.69) is 80.7 Å². The van der Waals surface area contributed by atoms with Gasteiger partial charge in [-0.2, -0.15) is 0 Å². The van der Waals surface area contributed by atoms with Gasteiger partial charge in [-0.3, -0.25) is 0 Å². The number of benzene rings is 3. The van der Waals surface area contributed by atoms with Crippen LogP contribution in [0.3, 0.4) is 0 Å². The molecule has 0 spiro atoms. The van der Waals surface area contributed by atoms with E-state index in [0.717, 1.165) is 0 Å². The van der Waals surface area contributed by atoms with Crippen LogP contribution in [0.4, 0.5) is 0 Å². The van der Waals surface area contributed by atoms with Crippen LogP contribution in [0.25, 0.3) is 28.0 Å². The van der Waals surface area contributed by atoms with Crippen LogP contribution in [0.15, 0.2) is 60.2 Å². The van der Waals surface area contributed by atoms with E-state index < -0.39 is 8.07 Å². The van der Waals surface area contributed by atoms with Gasteiger partial charge in [-0.05, 0) is 39.9 Å². The normalized spacial score (nSPS) is 20.1. The third-order valence-corrected chi connectivity index (χ3v) is 9.87. The van der Waals surface area contributed by atoms with Gasteiger partial charge >= 0.3 is 0 Å². The van der Waals surface area contributed by atoms with Crippen molar-refractivity contribution in [2.75, 3.05) is 0 Å². The topological polar surface area (TPSA) is 0 Å². The molecule has 1 aliphatic heterocycles. The van der Waals surface area contributed by atoms with Gasteiger partial charge in [-0.1, -0.05) is 84.5 Å². The average Bonchev–Trinajstić information content (AvgIpc) is 2.97. The molecule has 0 saturated heterocycles. The molecule has 0 nitrogen and oxygen atoms in total. The Kier molecular flexibility index (Phi) is 2.46. The molecule has 0 fully saturated rings. The van der Waals surface area contributed by atoms with E-state index in [4.69, 9.17) is 0 Å². The Morgan fingerprint density at radius 3 is 2.52 bits per heavy atom. The third-order valence-electron chi connectivity index (χ3n) is 5.88. The van der Waals surface area contributed by atoms with Crippen molar-refractivity contribution in [3.05, 3.63) is 71.3 Å². The molecule has 0 N–H and O–H groups in total. The second-order valence-corrected chi connectivity index (χ2v) is 12.1. The summed E-state index contributed by atoms with van der Waals surface area (Å²) in [7, 11) is -1.49. The van der Waals surface area contributed by atoms with E-state index in [1.807, 2.05) is 0 Å². The highest BCUT2D eigenvalue weighted by molar-refractivity contribution is 6.94. The number of hydrogen-bond acceptors (Lipinski definition) is 0. The molecule has 112 valence electrons. The Labute approximate surface area is 138 Å². The lowest BCUT2D eigenvalue weighted by molar-refractivity contribution is 1.11. The molecule has 0 radical (unpaired) electrons. The number of allylic oxidation sites excluding steroid dienone is 1. The van der Waals surface area contributed by atoms with Gasteiger partial charge in [0.1, 0.15) is 0 Å². The van der Waals surface area contributed by atoms with Crippen LogP contribution < -0.4 is 5.19 Å². The highest BCUT2D eigenvalue weighted by Crippen LogP contribution is 2.52. The molecule has 1 aliphatic carbocycles. The summed E-state index contributed by atoms with van der Waals surface area (Å²) in [5.41, 5.74) is 8.31. The van der Waals surface area contributed by atoms with Crippen molar-refractivity contribution < 1.29 is 0 Å². The molecule has 1 atom stereocenters. The highest BCUT2D eigenvalue weighted by Gasteiger charge is 2.48. The molecule has 5 rings (SSSR count). The van der Waals surface area contributed by atoms with Gasteiger partial charge in [0.15, 0.2) is 0 Å². The Balaban J connectivity index is 1.91. The molecule has 2 bridgehead atoms. The van der Waals surface area contributed by atoms with Crippen molar-refractivity contribution in [3.8, 4) is 11.1 Å². The van der Waals surface area contributed by atoms with E-state index in [-0.39, 0.29) is 0 Å². The number of rotatable bonds is 1. The maximum Gasteiger partial charge on any atom is 0.0931 e. The molecule has 0 amide bonds. The maximum absolute atomic E-state index is 2.54. The van der Waals surface area contributed by atoms with Crippen LogP contribution in [0.2, 0.25) is 13.1 Å². The summed E-state index contributed by atoms with van der Waals surface area (Å²) < 4.78 is 0. The van der Waals surface area contributed by atoms with Gasteiger partial charge in [0.2, 0.25) is 0 Å². The first-order valence-electron chi connectivity index (χ1n) is 8.43. The summed E-state index contributed by atoms with van der Waals surface area (Å²) >= 11 is 0. The summed E-state index contributed by atoms with van der Waals surface area (Å²) in [4.78, 5) is 0. The molecular formula is C22H20Si. The van der Waals surface area contributed by atoms with Crippen molar-refractivity contribution in [2.45, 2.75) is 25.6 Å². The predicted octanol–water partition coefficient (Wildman–Crippen LogP) is 5.48. The van der Waals surface area contributed by atoms with Crippen LogP contribution in [0.1, 0.15) is 23.6 Å². The molecule has 2 aliphatic rings. The fourth-order valence-corrected chi connectivity index (χ4v) is 8.98. The second-order valence-electron chi connectivity index (χ2n) is 7.56. The summed E-state index contributed by atoms with van der Waals surface area (Å²) in [6, 6.07) is 20.3. The zero-order chi connectivity index (χ0) is 15.8. The lowest BCUT2D eigenvalue weighted by Crippen LogP contribution is -2.43. The minimum absolute atomic E-state index is 0.677. The fourth-order valence-electron chi connectivity index (χ4n) is 4.98. The smallest absolute Gasteiger partial charge is 0.0675 e. The first-order chi connectivity index (χ1) is 11.1. The van der Waals surface area contributed by atoms with Crippen molar-refractivity contribution in [3.63, 3.8) is 0 Å². The summed E-state index contributed by atoms with van der Waals surface area (Å²) in [6.45, 7) is 7.41. The summed E-state index contributed by atoms with van der Waals surface area (Å²) in [5.74, 6) is 0. The minimum atomic E-state index is -1.49. The van der Waals surface area contributed by atoms with Crippen LogP contribution in [-0.4, -0.2) is 8.07 Å². The van der Waals surface area contributed by atoms with Crippen molar-refractivity contribution in [1.82, 2.24) is 0 Å². The molecule has 1 unspecified atom stereocenters. The van der Waals surface area contributed by atoms with E-state index in [0.29, 0.717) is 5.54 Å². The third kappa shape index (κ3) is 1.56. The molecule has 0 aromatic heterocycles. The standard InChI is InChI=1S/C22H20Si/c1-14-13-16-11-12-19-21(20(16)22(14)23(19,2)3)18-10-6-8-15-7-4-5-9-17(15)18/h4-13,22H,1-3H3.